The smallest absolute Gasteiger partial charge is 0.315 e. The van der Waals surface area contributed by atoms with Crippen molar-refractivity contribution in [3.05, 3.63) is 30.3 Å². The van der Waals surface area contributed by atoms with Crippen LogP contribution in [0, 0.1) is 0 Å². The van der Waals surface area contributed by atoms with Gasteiger partial charge in [-0.25, -0.2) is 4.79 Å². The molecule has 0 aromatic heterocycles. The first-order valence-electron chi connectivity index (χ1n) is 11.5. The fraction of sp³-hybridized carbons (Fsp3) is 0.667. The number of carbonyl (C=O) groups is 2. The van der Waals surface area contributed by atoms with Crippen LogP contribution in [0.15, 0.2) is 30.3 Å². The van der Waals surface area contributed by atoms with Gasteiger partial charge in [0.2, 0.25) is 0 Å². The summed E-state index contributed by atoms with van der Waals surface area (Å²) in [5.41, 5.74) is 0. The maximum Gasteiger partial charge on any atom is 0.315 e. The topological polar surface area (TPSA) is 90.5 Å². The predicted molar refractivity (Wildman–Crippen MR) is 122 cm³/mol. The minimum absolute atomic E-state index is 0.179. The largest absolute Gasteiger partial charge is 0.550 e. The Hall–Kier alpha value is -2.28. The van der Waals surface area contributed by atoms with E-state index in [1.807, 2.05) is 51.5 Å². The molecule has 2 N–H and O–H groups in total. The van der Waals surface area contributed by atoms with E-state index in [4.69, 9.17) is 4.74 Å². The number of unbranched alkanes of at least 4 members (excludes halogenated alkanes) is 7. The van der Waals surface area contributed by atoms with E-state index in [1.54, 1.807) is 0 Å². The van der Waals surface area contributed by atoms with Gasteiger partial charge in [0.05, 0.1) is 40.3 Å². The zero-order chi connectivity index (χ0) is 23.0. The maximum atomic E-state index is 12.0. The Morgan fingerprint density at radius 2 is 1.52 bits per heavy atom. The third-order valence-corrected chi connectivity index (χ3v) is 4.88. The van der Waals surface area contributed by atoms with Crippen molar-refractivity contribution >= 4 is 12.0 Å². The molecular weight excluding hydrogens is 394 g/mol. The molecule has 176 valence electrons. The number of quaternary nitrogens is 1. The van der Waals surface area contributed by atoms with Crippen LogP contribution >= 0.6 is 0 Å². The number of nitrogens with zero attached hydrogens (tertiary/aromatic N) is 1. The molecule has 1 atom stereocenters. The predicted octanol–water partition coefficient (Wildman–Crippen LogP) is 2.70. The molecule has 1 rings (SSSR count). The van der Waals surface area contributed by atoms with Crippen molar-refractivity contribution in [2.75, 3.05) is 40.8 Å². The van der Waals surface area contributed by atoms with Gasteiger partial charge in [0.25, 0.3) is 0 Å². The number of rotatable bonds is 17. The van der Waals surface area contributed by atoms with Gasteiger partial charge in [-0.1, -0.05) is 56.7 Å². The summed E-state index contributed by atoms with van der Waals surface area (Å²) in [5.74, 6) is -0.213. The molecule has 0 aliphatic rings. The van der Waals surface area contributed by atoms with Gasteiger partial charge in [0, 0.05) is 18.9 Å². The number of benzene rings is 1. The SMILES string of the molecule is C[N+](C)(C)C[C@H](CC(=O)[O-])NC(=O)NCCCCCCCCCCOc1ccccc1. The Kier molecular flexibility index (Phi) is 13.4. The molecule has 7 heteroatoms. The second-order valence-electron chi connectivity index (χ2n) is 9.14. The number of hydrogen-bond donors (Lipinski definition) is 2. The molecule has 0 spiro atoms. The van der Waals surface area contributed by atoms with Crippen LogP contribution in [0.2, 0.25) is 0 Å². The summed E-state index contributed by atoms with van der Waals surface area (Å²) < 4.78 is 6.26. The van der Waals surface area contributed by atoms with E-state index < -0.39 is 12.0 Å². The molecule has 0 aliphatic carbocycles. The lowest BCUT2D eigenvalue weighted by Gasteiger charge is -2.30. The molecule has 0 unspecified atom stereocenters. The molecule has 31 heavy (non-hydrogen) atoms. The molecule has 0 radical (unpaired) electrons. The number of aliphatic carboxylic acids is 1. The Bertz CT molecular complexity index is 617. The average molecular weight is 436 g/mol. The van der Waals surface area contributed by atoms with E-state index in [9.17, 15) is 14.7 Å². The number of carbonyl (C=O) groups excluding carboxylic acids is 2. The Morgan fingerprint density at radius 1 is 0.935 bits per heavy atom. The third kappa shape index (κ3) is 16.1. The van der Waals surface area contributed by atoms with Crippen molar-refractivity contribution in [2.45, 2.75) is 63.8 Å². The fourth-order valence-electron chi connectivity index (χ4n) is 3.46. The molecule has 0 heterocycles. The second kappa shape index (κ2) is 15.5. The summed E-state index contributed by atoms with van der Waals surface area (Å²) >= 11 is 0. The first-order valence-corrected chi connectivity index (χ1v) is 11.5. The zero-order valence-electron chi connectivity index (χ0n) is 19.5. The highest BCUT2D eigenvalue weighted by atomic mass is 16.5. The number of likely N-dealkylation sites (N-methyl/N-ethyl adjacent to an activating group) is 1. The quantitative estimate of drug-likeness (QED) is 0.291. The normalized spacial score (nSPS) is 12.2. The number of ether oxygens (including phenoxy) is 1. The number of amides is 2. The fourth-order valence-corrected chi connectivity index (χ4v) is 3.46. The van der Waals surface area contributed by atoms with Gasteiger partial charge >= 0.3 is 6.03 Å². The summed E-state index contributed by atoms with van der Waals surface area (Å²) in [4.78, 5) is 22.9. The second-order valence-corrected chi connectivity index (χ2v) is 9.14. The van der Waals surface area contributed by atoms with Crippen LogP contribution in [0.25, 0.3) is 0 Å². The molecule has 2 amide bonds. The van der Waals surface area contributed by atoms with Crippen LogP contribution in [0.1, 0.15) is 57.8 Å². The molecule has 7 nitrogen and oxygen atoms in total. The van der Waals surface area contributed by atoms with Gasteiger partial charge in [-0.05, 0) is 25.0 Å². The summed E-state index contributed by atoms with van der Waals surface area (Å²) in [6.45, 7) is 1.90. The zero-order valence-corrected chi connectivity index (χ0v) is 19.5. The summed E-state index contributed by atoms with van der Waals surface area (Å²) in [7, 11) is 5.88. The van der Waals surface area contributed by atoms with E-state index in [1.165, 1.54) is 32.1 Å². The van der Waals surface area contributed by atoms with E-state index in [2.05, 4.69) is 10.6 Å². The molecule has 0 aliphatic heterocycles. The minimum Gasteiger partial charge on any atom is -0.550 e. The average Bonchev–Trinajstić information content (AvgIpc) is 2.67. The van der Waals surface area contributed by atoms with Crippen LogP contribution in [-0.4, -0.2) is 63.4 Å². The maximum absolute atomic E-state index is 12.0. The van der Waals surface area contributed by atoms with Crippen LogP contribution in [-0.2, 0) is 4.79 Å². The lowest BCUT2D eigenvalue weighted by Crippen LogP contribution is -2.53. The number of hydrogen-bond acceptors (Lipinski definition) is 4. The van der Waals surface area contributed by atoms with Crippen molar-refractivity contribution in [2.24, 2.45) is 0 Å². The minimum atomic E-state index is -1.15. The lowest BCUT2D eigenvalue weighted by atomic mass is 10.1. The van der Waals surface area contributed by atoms with Crippen molar-refractivity contribution in [1.29, 1.82) is 0 Å². The molecular formula is C24H41N3O4. The van der Waals surface area contributed by atoms with Gasteiger partial charge < -0.3 is 29.8 Å². The molecule has 1 aromatic rings. The van der Waals surface area contributed by atoms with Gasteiger partial charge in [-0.2, -0.15) is 0 Å². The number of carboxylic acid groups (broad SMARTS) is 1. The van der Waals surface area contributed by atoms with Gasteiger partial charge in [0.15, 0.2) is 0 Å². The number of carboxylic acids is 1. The number of para-hydroxylation sites is 1. The summed E-state index contributed by atoms with van der Waals surface area (Å²) in [5, 5.41) is 16.5. The van der Waals surface area contributed by atoms with Crippen molar-refractivity contribution < 1.29 is 23.9 Å². The summed E-state index contributed by atoms with van der Waals surface area (Å²) in [6, 6.07) is 9.17. The van der Waals surface area contributed by atoms with Crippen LogP contribution in [0.3, 0.4) is 0 Å². The van der Waals surface area contributed by atoms with Crippen molar-refractivity contribution in [1.82, 2.24) is 10.6 Å². The highest BCUT2D eigenvalue weighted by molar-refractivity contribution is 5.75. The van der Waals surface area contributed by atoms with Gasteiger partial charge in [-0.15, -0.1) is 0 Å². The van der Waals surface area contributed by atoms with Crippen molar-refractivity contribution in [3.8, 4) is 5.75 Å². The third-order valence-electron chi connectivity index (χ3n) is 4.88. The van der Waals surface area contributed by atoms with Crippen molar-refractivity contribution in [3.63, 3.8) is 0 Å². The van der Waals surface area contributed by atoms with E-state index in [0.717, 1.165) is 31.6 Å². The van der Waals surface area contributed by atoms with E-state index in [0.29, 0.717) is 17.6 Å². The monoisotopic (exact) mass is 435 g/mol. The van der Waals surface area contributed by atoms with Crippen LogP contribution in [0.5, 0.6) is 5.75 Å². The van der Waals surface area contributed by atoms with Crippen LogP contribution < -0.4 is 20.5 Å². The highest BCUT2D eigenvalue weighted by Gasteiger charge is 2.20. The Morgan fingerprint density at radius 3 is 2.10 bits per heavy atom. The highest BCUT2D eigenvalue weighted by Crippen LogP contribution is 2.11. The molecule has 0 bridgehead atoms. The van der Waals surface area contributed by atoms with E-state index in [-0.39, 0.29) is 12.5 Å². The first kappa shape index (κ1) is 26.8. The summed E-state index contributed by atoms with van der Waals surface area (Å²) in [6.07, 6.45) is 8.94. The number of urea groups is 1. The Labute approximate surface area is 187 Å². The van der Waals surface area contributed by atoms with E-state index >= 15 is 0 Å². The molecule has 1 aromatic carbocycles. The molecule has 0 saturated heterocycles. The molecule has 0 fully saturated rings. The van der Waals surface area contributed by atoms with Crippen LogP contribution in [0.4, 0.5) is 4.79 Å². The standard InChI is InChI=1S/C24H41N3O4/c1-27(2,3)20-21(19-23(28)29)26-24(30)25-17-13-8-6-4-5-7-9-14-18-31-22-15-11-10-12-16-22/h10-12,15-16,21H,4-9,13-14,17-20H2,1-3H3,(H2-,25,26,28,29,30)/t21-/m0/s1. The van der Waals surface area contributed by atoms with Gasteiger partial charge in [0.1, 0.15) is 5.75 Å². The molecule has 0 saturated carbocycles. The Balaban J connectivity index is 1.96. The first-order chi connectivity index (χ1) is 14.8. The van der Waals surface area contributed by atoms with Gasteiger partial charge in [-0.3, -0.25) is 0 Å². The number of nitrogens with one attached hydrogen (secondary N) is 2. The lowest BCUT2D eigenvalue weighted by molar-refractivity contribution is -0.871.